The Morgan fingerprint density at radius 2 is 2.39 bits per heavy atom. The standard InChI is InChI=1S/C12H9N3O2S/c1-2-10-14-11(15-17-10)8-4-3-5-9(6-8)12(16)13-7-18/h3-6H,2H2,1H3. The number of amides is 1. The predicted octanol–water partition coefficient (Wildman–Crippen LogP) is 2.54. The molecule has 5 nitrogen and oxygen atoms in total. The number of aromatic nitrogens is 2. The van der Waals surface area contributed by atoms with Crippen molar-refractivity contribution in [1.82, 2.24) is 10.1 Å². The predicted molar refractivity (Wildman–Crippen MR) is 68.5 cm³/mol. The van der Waals surface area contributed by atoms with Crippen LogP contribution in [0.2, 0.25) is 0 Å². The molecular weight excluding hydrogens is 250 g/mol. The number of nitrogens with zero attached hydrogens (tertiary/aromatic N) is 3. The first-order chi connectivity index (χ1) is 8.74. The zero-order valence-corrected chi connectivity index (χ0v) is 10.4. The Bertz CT molecular complexity index is 630. The minimum Gasteiger partial charge on any atom is -0.339 e. The van der Waals surface area contributed by atoms with Gasteiger partial charge in [0.25, 0.3) is 5.91 Å². The molecule has 0 spiro atoms. The average Bonchev–Trinajstić information content (AvgIpc) is 2.88. The number of carbonyl (C=O) groups excluding carboxylic acids is 1. The van der Waals surface area contributed by atoms with Crippen LogP contribution in [0.15, 0.2) is 33.8 Å². The Hall–Kier alpha value is -2.17. The smallest absolute Gasteiger partial charge is 0.285 e. The van der Waals surface area contributed by atoms with Gasteiger partial charge in [-0.2, -0.15) is 9.98 Å². The van der Waals surface area contributed by atoms with Gasteiger partial charge in [-0.05, 0) is 24.4 Å². The van der Waals surface area contributed by atoms with Crippen molar-refractivity contribution in [2.75, 3.05) is 0 Å². The minimum atomic E-state index is -0.439. The van der Waals surface area contributed by atoms with Crippen LogP contribution in [0.5, 0.6) is 0 Å². The highest BCUT2D eigenvalue weighted by molar-refractivity contribution is 7.78. The van der Waals surface area contributed by atoms with Gasteiger partial charge in [-0.3, -0.25) is 4.79 Å². The van der Waals surface area contributed by atoms with Crippen LogP contribution >= 0.6 is 12.2 Å². The molecule has 18 heavy (non-hydrogen) atoms. The number of rotatable bonds is 3. The number of isothiocyanates is 1. The van der Waals surface area contributed by atoms with Crippen molar-refractivity contribution in [3.8, 4) is 11.4 Å². The molecule has 0 radical (unpaired) electrons. The van der Waals surface area contributed by atoms with E-state index in [4.69, 9.17) is 4.52 Å². The Kier molecular flexibility index (Phi) is 3.72. The molecule has 0 saturated heterocycles. The Morgan fingerprint density at radius 3 is 3.06 bits per heavy atom. The minimum absolute atomic E-state index is 0.410. The van der Waals surface area contributed by atoms with Crippen LogP contribution in [0.3, 0.4) is 0 Å². The fourth-order valence-electron chi connectivity index (χ4n) is 1.41. The summed E-state index contributed by atoms with van der Waals surface area (Å²) in [5.41, 5.74) is 1.11. The van der Waals surface area contributed by atoms with Crippen molar-refractivity contribution in [1.29, 1.82) is 0 Å². The number of aliphatic imine (C=N–C) groups is 1. The number of hydrogen-bond acceptors (Lipinski definition) is 5. The second kappa shape index (κ2) is 5.44. The average molecular weight is 259 g/mol. The van der Waals surface area contributed by atoms with Gasteiger partial charge in [0.2, 0.25) is 11.7 Å². The molecule has 6 heteroatoms. The Balaban J connectivity index is 2.37. The third-order valence-electron chi connectivity index (χ3n) is 2.29. The second-order valence-electron chi connectivity index (χ2n) is 3.45. The molecule has 1 aromatic carbocycles. The molecule has 90 valence electrons. The first-order valence-electron chi connectivity index (χ1n) is 5.30. The van der Waals surface area contributed by atoms with Crippen molar-refractivity contribution >= 4 is 23.3 Å². The Morgan fingerprint density at radius 1 is 1.56 bits per heavy atom. The molecule has 0 unspecified atom stereocenters. The van der Waals surface area contributed by atoms with Crippen molar-refractivity contribution in [2.24, 2.45) is 4.99 Å². The highest BCUT2D eigenvalue weighted by atomic mass is 32.1. The number of hydrogen-bond donors (Lipinski definition) is 0. The quantitative estimate of drug-likeness (QED) is 0.626. The van der Waals surface area contributed by atoms with E-state index >= 15 is 0 Å². The van der Waals surface area contributed by atoms with Gasteiger partial charge in [0.15, 0.2) is 0 Å². The second-order valence-corrected chi connectivity index (χ2v) is 3.64. The van der Waals surface area contributed by atoms with Crippen LogP contribution in [0.1, 0.15) is 23.2 Å². The van der Waals surface area contributed by atoms with Gasteiger partial charge < -0.3 is 4.52 Å². The summed E-state index contributed by atoms with van der Waals surface area (Å²) in [5.74, 6) is 0.567. The number of thiocarbonyl (C=S) groups is 1. The summed E-state index contributed by atoms with van der Waals surface area (Å²) >= 11 is 4.40. The normalized spacial score (nSPS) is 9.83. The molecule has 1 amide bonds. The summed E-state index contributed by atoms with van der Waals surface area (Å²) in [7, 11) is 0. The molecular formula is C12H9N3O2S. The van der Waals surface area contributed by atoms with Crippen LogP contribution in [-0.2, 0) is 6.42 Å². The molecule has 0 fully saturated rings. The van der Waals surface area contributed by atoms with E-state index in [2.05, 4.69) is 27.4 Å². The van der Waals surface area contributed by atoms with Gasteiger partial charge in [0, 0.05) is 17.5 Å². The number of benzene rings is 1. The summed E-state index contributed by atoms with van der Waals surface area (Å²) in [6.45, 7) is 1.92. The molecule has 2 aromatic rings. The van der Waals surface area contributed by atoms with Crippen LogP contribution in [-0.4, -0.2) is 21.2 Å². The zero-order chi connectivity index (χ0) is 13.0. The lowest BCUT2D eigenvalue weighted by molar-refractivity contribution is 0.100. The summed E-state index contributed by atoms with van der Waals surface area (Å²) in [4.78, 5) is 19.1. The van der Waals surface area contributed by atoms with E-state index in [1.54, 1.807) is 24.3 Å². The van der Waals surface area contributed by atoms with Crippen molar-refractivity contribution < 1.29 is 9.32 Å². The molecule has 0 aliphatic heterocycles. The first-order valence-corrected chi connectivity index (χ1v) is 5.70. The van der Waals surface area contributed by atoms with Crippen LogP contribution < -0.4 is 0 Å². The van der Waals surface area contributed by atoms with E-state index in [-0.39, 0.29) is 0 Å². The third-order valence-corrected chi connectivity index (χ3v) is 2.38. The van der Waals surface area contributed by atoms with Crippen LogP contribution in [0, 0.1) is 0 Å². The molecule has 1 aromatic heterocycles. The largest absolute Gasteiger partial charge is 0.339 e. The van der Waals surface area contributed by atoms with Gasteiger partial charge in [-0.1, -0.05) is 24.2 Å². The highest BCUT2D eigenvalue weighted by Gasteiger charge is 2.10. The van der Waals surface area contributed by atoms with E-state index in [0.717, 1.165) is 0 Å². The third kappa shape index (κ3) is 2.56. The SMILES string of the molecule is CCc1nc(-c2cccc(C(=O)N=C=S)c2)no1. The molecule has 0 bridgehead atoms. The lowest BCUT2D eigenvalue weighted by atomic mass is 10.1. The molecule has 0 saturated carbocycles. The maximum absolute atomic E-state index is 11.5. The van der Waals surface area contributed by atoms with E-state index < -0.39 is 5.91 Å². The van der Waals surface area contributed by atoms with Gasteiger partial charge in [-0.25, -0.2) is 0 Å². The van der Waals surface area contributed by atoms with Gasteiger partial charge in [-0.15, -0.1) is 0 Å². The van der Waals surface area contributed by atoms with E-state index in [0.29, 0.717) is 29.3 Å². The summed E-state index contributed by atoms with van der Waals surface area (Å²) < 4.78 is 5.02. The maximum Gasteiger partial charge on any atom is 0.285 e. The van der Waals surface area contributed by atoms with Crippen molar-refractivity contribution in [3.05, 3.63) is 35.7 Å². The summed E-state index contributed by atoms with van der Waals surface area (Å²) in [6.07, 6.45) is 0.667. The topological polar surface area (TPSA) is 68.3 Å². The van der Waals surface area contributed by atoms with E-state index in [1.807, 2.05) is 12.1 Å². The van der Waals surface area contributed by atoms with Crippen LogP contribution in [0.25, 0.3) is 11.4 Å². The van der Waals surface area contributed by atoms with E-state index in [1.165, 1.54) is 0 Å². The highest BCUT2D eigenvalue weighted by Crippen LogP contribution is 2.17. The maximum atomic E-state index is 11.5. The molecule has 2 rings (SSSR count). The molecule has 0 N–H and O–H groups in total. The zero-order valence-electron chi connectivity index (χ0n) is 9.58. The molecule has 0 atom stereocenters. The molecule has 1 heterocycles. The monoisotopic (exact) mass is 259 g/mol. The summed E-state index contributed by atoms with van der Waals surface area (Å²) in [6, 6.07) is 6.80. The number of aryl methyl sites for hydroxylation is 1. The van der Waals surface area contributed by atoms with Gasteiger partial charge >= 0.3 is 0 Å². The van der Waals surface area contributed by atoms with Gasteiger partial charge in [0.05, 0.1) is 5.16 Å². The van der Waals surface area contributed by atoms with Crippen LogP contribution in [0.4, 0.5) is 0 Å². The summed E-state index contributed by atoms with van der Waals surface area (Å²) in [5, 5.41) is 5.89. The molecule has 0 aliphatic carbocycles. The fourth-order valence-corrected chi connectivity index (χ4v) is 1.50. The van der Waals surface area contributed by atoms with E-state index in [9.17, 15) is 4.79 Å². The van der Waals surface area contributed by atoms with Crippen molar-refractivity contribution in [2.45, 2.75) is 13.3 Å². The van der Waals surface area contributed by atoms with Crippen molar-refractivity contribution in [3.63, 3.8) is 0 Å². The number of carbonyl (C=O) groups is 1. The first kappa shape index (κ1) is 12.3. The van der Waals surface area contributed by atoms with Gasteiger partial charge in [0.1, 0.15) is 0 Å². The lowest BCUT2D eigenvalue weighted by Gasteiger charge is -1.97. The molecule has 0 aliphatic rings. The lowest BCUT2D eigenvalue weighted by Crippen LogP contribution is -1.94. The fraction of sp³-hybridized carbons (Fsp3) is 0.167. The Labute approximate surface area is 109 Å².